The third kappa shape index (κ3) is 4.16. The number of aryl methyl sites for hydroxylation is 2. The molecule has 8 nitrogen and oxygen atoms in total. The molecule has 0 bridgehead atoms. The Labute approximate surface area is 120 Å². The topological polar surface area (TPSA) is 103 Å². The van der Waals surface area contributed by atoms with Crippen LogP contribution >= 0.6 is 0 Å². The van der Waals surface area contributed by atoms with Gasteiger partial charge in [0.05, 0.1) is 36.2 Å². The van der Waals surface area contributed by atoms with Gasteiger partial charge in [-0.3, -0.25) is 4.79 Å². The largest absolute Gasteiger partial charge is 0.467 e. The zero-order valence-electron chi connectivity index (χ0n) is 11.6. The number of hydrogen-bond donors (Lipinski definition) is 1. The van der Waals surface area contributed by atoms with Gasteiger partial charge >= 0.3 is 5.82 Å². The molecule has 0 saturated carbocycles. The molecule has 0 atom stereocenters. The van der Waals surface area contributed by atoms with Crippen molar-refractivity contribution < 1.29 is 14.1 Å². The summed E-state index contributed by atoms with van der Waals surface area (Å²) in [7, 11) is 0. The lowest BCUT2D eigenvalue weighted by molar-refractivity contribution is -0.389. The molecule has 0 aliphatic carbocycles. The number of nitrogens with one attached hydrogen (secondary N) is 1. The van der Waals surface area contributed by atoms with Crippen LogP contribution in [0.5, 0.6) is 0 Å². The molecule has 0 spiro atoms. The average Bonchev–Trinajstić information content (AvgIpc) is 3.07. The van der Waals surface area contributed by atoms with Crippen molar-refractivity contribution in [2.45, 2.75) is 32.9 Å². The molecular formula is C13H16N4O4. The van der Waals surface area contributed by atoms with Crippen molar-refractivity contribution >= 4 is 11.7 Å². The van der Waals surface area contributed by atoms with Gasteiger partial charge in [0.2, 0.25) is 5.91 Å². The lowest BCUT2D eigenvalue weighted by atomic mass is 10.3. The summed E-state index contributed by atoms with van der Waals surface area (Å²) in [5.74, 6) is 0.433. The van der Waals surface area contributed by atoms with E-state index in [4.69, 9.17) is 4.42 Å². The van der Waals surface area contributed by atoms with Crippen LogP contribution in [0.3, 0.4) is 0 Å². The Kier molecular flexibility index (Phi) is 4.70. The highest BCUT2D eigenvalue weighted by Gasteiger charge is 2.15. The predicted molar refractivity (Wildman–Crippen MR) is 73.4 cm³/mol. The molecular weight excluding hydrogens is 276 g/mol. The van der Waals surface area contributed by atoms with Crippen LogP contribution in [0.4, 0.5) is 5.82 Å². The van der Waals surface area contributed by atoms with Crippen molar-refractivity contribution in [3.8, 4) is 0 Å². The summed E-state index contributed by atoms with van der Waals surface area (Å²) in [6.07, 6.45) is 2.44. The van der Waals surface area contributed by atoms with Gasteiger partial charge < -0.3 is 19.8 Å². The van der Waals surface area contributed by atoms with E-state index >= 15 is 0 Å². The smallest absolute Gasteiger partial charge is 0.390 e. The van der Waals surface area contributed by atoms with E-state index in [1.165, 1.54) is 10.7 Å². The van der Waals surface area contributed by atoms with Gasteiger partial charge in [0, 0.05) is 6.42 Å². The molecule has 8 heteroatoms. The zero-order chi connectivity index (χ0) is 15.2. The van der Waals surface area contributed by atoms with E-state index < -0.39 is 4.92 Å². The first-order chi connectivity index (χ1) is 10.1. The molecule has 0 unspecified atom stereocenters. The van der Waals surface area contributed by atoms with Gasteiger partial charge in [-0.15, -0.1) is 0 Å². The average molecular weight is 292 g/mol. The van der Waals surface area contributed by atoms with Crippen LogP contribution in [0.15, 0.2) is 28.9 Å². The van der Waals surface area contributed by atoms with E-state index in [0.29, 0.717) is 37.4 Å². The van der Waals surface area contributed by atoms with Gasteiger partial charge in [-0.1, -0.05) is 0 Å². The standard InChI is InChI=1S/C13H16N4O4/c1-10-8-12(17(19)20)15-16(10)6-2-5-13(18)14-9-11-4-3-7-21-11/h3-4,7-8H,2,5-6,9H2,1H3,(H,14,18). The highest BCUT2D eigenvalue weighted by molar-refractivity contribution is 5.75. The van der Waals surface area contributed by atoms with Crippen molar-refractivity contribution in [2.24, 2.45) is 0 Å². The Balaban J connectivity index is 1.73. The van der Waals surface area contributed by atoms with Gasteiger partial charge in [0.15, 0.2) is 0 Å². The first kappa shape index (κ1) is 14.8. The van der Waals surface area contributed by atoms with E-state index in [-0.39, 0.29) is 11.7 Å². The number of nitro groups is 1. The summed E-state index contributed by atoms with van der Waals surface area (Å²) in [6, 6.07) is 4.96. The van der Waals surface area contributed by atoms with E-state index in [2.05, 4.69) is 10.4 Å². The number of nitrogens with zero attached hydrogens (tertiary/aromatic N) is 3. The minimum Gasteiger partial charge on any atom is -0.467 e. The minimum atomic E-state index is -0.528. The molecule has 112 valence electrons. The highest BCUT2D eigenvalue weighted by Crippen LogP contribution is 2.11. The summed E-state index contributed by atoms with van der Waals surface area (Å²) in [4.78, 5) is 21.7. The van der Waals surface area contributed by atoms with Gasteiger partial charge in [-0.25, -0.2) is 0 Å². The van der Waals surface area contributed by atoms with Crippen molar-refractivity contribution in [1.82, 2.24) is 15.1 Å². The Morgan fingerprint density at radius 1 is 1.57 bits per heavy atom. The molecule has 0 aliphatic rings. The molecule has 0 aliphatic heterocycles. The molecule has 2 rings (SSSR count). The summed E-state index contributed by atoms with van der Waals surface area (Å²) in [5.41, 5.74) is 0.706. The molecule has 0 radical (unpaired) electrons. The van der Waals surface area contributed by atoms with E-state index in [1.54, 1.807) is 25.3 Å². The normalized spacial score (nSPS) is 10.5. The maximum Gasteiger partial charge on any atom is 0.390 e. The van der Waals surface area contributed by atoms with E-state index in [1.807, 2.05) is 0 Å². The Morgan fingerprint density at radius 2 is 2.38 bits per heavy atom. The first-order valence-electron chi connectivity index (χ1n) is 6.54. The summed E-state index contributed by atoms with van der Waals surface area (Å²) >= 11 is 0. The van der Waals surface area contributed by atoms with Gasteiger partial charge in [-0.2, -0.15) is 4.68 Å². The van der Waals surface area contributed by atoms with Crippen LogP contribution in [0.25, 0.3) is 0 Å². The maximum atomic E-state index is 11.6. The number of aromatic nitrogens is 2. The fraction of sp³-hybridized carbons (Fsp3) is 0.385. The molecule has 1 amide bonds. The Bertz CT molecular complexity index is 618. The number of furan rings is 1. The van der Waals surface area contributed by atoms with Crippen molar-refractivity contribution in [1.29, 1.82) is 0 Å². The third-order valence-electron chi connectivity index (χ3n) is 2.97. The number of hydrogen-bond acceptors (Lipinski definition) is 5. The number of carbonyl (C=O) groups excluding carboxylic acids is 1. The molecule has 21 heavy (non-hydrogen) atoms. The van der Waals surface area contributed by atoms with Crippen LogP contribution in [0, 0.1) is 17.0 Å². The summed E-state index contributed by atoms with van der Waals surface area (Å²) in [6.45, 7) is 2.57. The molecule has 0 fully saturated rings. The number of amides is 1. The second-order valence-electron chi connectivity index (χ2n) is 4.58. The van der Waals surface area contributed by atoms with Crippen LogP contribution in [-0.2, 0) is 17.9 Å². The van der Waals surface area contributed by atoms with Crippen molar-refractivity contribution in [3.05, 3.63) is 46.0 Å². The van der Waals surface area contributed by atoms with Crippen LogP contribution in [-0.4, -0.2) is 20.6 Å². The van der Waals surface area contributed by atoms with Gasteiger partial charge in [0.25, 0.3) is 0 Å². The molecule has 1 N–H and O–H groups in total. The third-order valence-corrected chi connectivity index (χ3v) is 2.97. The lowest BCUT2D eigenvalue weighted by Gasteiger charge is -2.03. The fourth-order valence-corrected chi connectivity index (χ4v) is 1.88. The predicted octanol–water partition coefficient (Wildman–Crippen LogP) is 1.79. The van der Waals surface area contributed by atoms with Crippen molar-refractivity contribution in [2.75, 3.05) is 0 Å². The first-order valence-corrected chi connectivity index (χ1v) is 6.54. The van der Waals surface area contributed by atoms with Crippen molar-refractivity contribution in [3.63, 3.8) is 0 Å². The minimum absolute atomic E-state index is 0.0919. The van der Waals surface area contributed by atoms with Crippen LogP contribution in [0.2, 0.25) is 0 Å². The van der Waals surface area contributed by atoms with Gasteiger partial charge in [0.1, 0.15) is 5.76 Å². The number of rotatable bonds is 7. The van der Waals surface area contributed by atoms with Crippen LogP contribution in [0.1, 0.15) is 24.3 Å². The van der Waals surface area contributed by atoms with E-state index in [0.717, 1.165) is 0 Å². The number of carbonyl (C=O) groups is 1. The summed E-state index contributed by atoms with van der Waals surface area (Å²) in [5, 5.41) is 17.2. The molecule has 0 saturated heterocycles. The monoisotopic (exact) mass is 292 g/mol. The van der Waals surface area contributed by atoms with Crippen LogP contribution < -0.4 is 5.32 Å². The molecule has 2 aromatic heterocycles. The molecule has 0 aromatic carbocycles. The van der Waals surface area contributed by atoms with E-state index in [9.17, 15) is 14.9 Å². The SMILES string of the molecule is Cc1cc([N+](=O)[O-])nn1CCCC(=O)NCc1ccco1. The quantitative estimate of drug-likeness (QED) is 0.619. The summed E-state index contributed by atoms with van der Waals surface area (Å²) < 4.78 is 6.65. The molecule has 2 heterocycles. The highest BCUT2D eigenvalue weighted by atomic mass is 16.6. The second-order valence-corrected chi connectivity index (χ2v) is 4.58. The Hall–Kier alpha value is -2.64. The molecule has 2 aromatic rings. The van der Waals surface area contributed by atoms with Gasteiger partial charge in [-0.05, 0) is 30.4 Å². The zero-order valence-corrected chi connectivity index (χ0v) is 11.6. The Morgan fingerprint density at radius 3 is 3.00 bits per heavy atom. The maximum absolute atomic E-state index is 11.6. The fourth-order valence-electron chi connectivity index (χ4n) is 1.88. The lowest BCUT2D eigenvalue weighted by Crippen LogP contribution is -2.22. The second kappa shape index (κ2) is 6.69.